The van der Waals surface area contributed by atoms with Crippen molar-refractivity contribution in [2.45, 2.75) is 25.3 Å². The minimum absolute atomic E-state index is 0.00177. The molecule has 4 N–H and O–H groups in total. The number of hydrogen-bond acceptors (Lipinski definition) is 4. The van der Waals surface area contributed by atoms with Gasteiger partial charge < -0.3 is 16.4 Å². The van der Waals surface area contributed by atoms with Crippen LogP contribution in [0.4, 0.5) is 5.69 Å². The number of amides is 2. The molecule has 1 fully saturated rings. The quantitative estimate of drug-likeness (QED) is 0.737. The van der Waals surface area contributed by atoms with Crippen molar-refractivity contribution in [3.63, 3.8) is 0 Å². The molecule has 1 aromatic heterocycles. The molecule has 110 valence electrons. The number of nitrogen functional groups attached to an aromatic ring is 1. The van der Waals surface area contributed by atoms with Gasteiger partial charge in [0.1, 0.15) is 0 Å². The van der Waals surface area contributed by atoms with E-state index >= 15 is 0 Å². The van der Waals surface area contributed by atoms with E-state index in [-0.39, 0.29) is 11.8 Å². The molecule has 0 bridgehead atoms. The molecule has 1 aliphatic carbocycles. The molecule has 1 aliphatic rings. The molecule has 2 amide bonds. The molecule has 0 radical (unpaired) electrons. The van der Waals surface area contributed by atoms with Crippen molar-refractivity contribution in [3.05, 3.63) is 29.1 Å². The molecule has 0 unspecified atom stereocenters. The molecule has 1 heterocycles. The highest BCUT2D eigenvalue weighted by Gasteiger charge is 2.22. The second-order valence-corrected chi connectivity index (χ2v) is 6.34. The zero-order valence-electron chi connectivity index (χ0n) is 11.5. The summed E-state index contributed by atoms with van der Waals surface area (Å²) in [6.07, 6.45) is 2.46. The summed E-state index contributed by atoms with van der Waals surface area (Å²) in [5.41, 5.74) is 6.41. The molecule has 1 aromatic carbocycles. The predicted octanol–water partition coefficient (Wildman–Crippen LogP) is 1.88. The maximum Gasteiger partial charge on any atom is 0.261 e. The Kier molecular flexibility index (Phi) is 3.79. The van der Waals surface area contributed by atoms with Crippen LogP contribution in [0.2, 0.25) is 0 Å². The lowest BCUT2D eigenvalue weighted by molar-refractivity contribution is -0.121. The molecule has 6 heteroatoms. The topological polar surface area (TPSA) is 84.2 Å². The number of hydrogen-bond donors (Lipinski definition) is 3. The number of carbonyl (C=O) groups is 2. The fraction of sp³-hybridized carbons (Fsp3) is 0.333. The smallest absolute Gasteiger partial charge is 0.261 e. The van der Waals surface area contributed by atoms with E-state index in [0.29, 0.717) is 29.6 Å². The van der Waals surface area contributed by atoms with Gasteiger partial charge in [-0.05, 0) is 42.5 Å². The Morgan fingerprint density at radius 3 is 2.86 bits per heavy atom. The minimum atomic E-state index is -0.144. The van der Waals surface area contributed by atoms with Crippen LogP contribution in [0.15, 0.2) is 24.3 Å². The first-order valence-corrected chi connectivity index (χ1v) is 7.80. The molecule has 0 aliphatic heterocycles. The van der Waals surface area contributed by atoms with E-state index in [9.17, 15) is 9.59 Å². The van der Waals surface area contributed by atoms with Gasteiger partial charge in [0.15, 0.2) is 0 Å². The van der Waals surface area contributed by atoms with Crippen molar-refractivity contribution in [2.24, 2.45) is 0 Å². The Morgan fingerprint density at radius 2 is 2.10 bits per heavy atom. The second kappa shape index (κ2) is 5.73. The molecule has 0 atom stereocenters. The zero-order valence-corrected chi connectivity index (χ0v) is 12.3. The lowest BCUT2D eigenvalue weighted by Crippen LogP contribution is -2.31. The SMILES string of the molecule is Nc1ccc2sc(C(=O)NCCC(=O)NC3CC3)cc2c1. The number of fused-ring (bicyclic) bond motifs is 1. The first-order valence-electron chi connectivity index (χ1n) is 6.98. The second-order valence-electron chi connectivity index (χ2n) is 5.26. The zero-order chi connectivity index (χ0) is 14.8. The molecule has 2 aromatic rings. The van der Waals surface area contributed by atoms with Crippen molar-refractivity contribution < 1.29 is 9.59 Å². The molecular formula is C15H17N3O2S. The third-order valence-corrected chi connectivity index (χ3v) is 4.46. The fourth-order valence-electron chi connectivity index (χ4n) is 2.08. The first kappa shape index (κ1) is 13.9. The summed E-state index contributed by atoms with van der Waals surface area (Å²) < 4.78 is 1.03. The van der Waals surface area contributed by atoms with E-state index in [0.717, 1.165) is 22.9 Å². The summed E-state index contributed by atoms with van der Waals surface area (Å²) in [6, 6.07) is 7.78. The number of nitrogens with two attached hydrogens (primary N) is 1. The van der Waals surface area contributed by atoms with E-state index in [2.05, 4.69) is 10.6 Å². The van der Waals surface area contributed by atoms with Crippen LogP contribution < -0.4 is 16.4 Å². The third-order valence-electron chi connectivity index (χ3n) is 3.34. The number of nitrogens with one attached hydrogen (secondary N) is 2. The van der Waals surface area contributed by atoms with E-state index in [1.807, 2.05) is 24.3 Å². The maximum absolute atomic E-state index is 12.1. The van der Waals surface area contributed by atoms with Crippen LogP contribution in [0, 0.1) is 0 Å². The van der Waals surface area contributed by atoms with Gasteiger partial charge in [-0.1, -0.05) is 0 Å². The van der Waals surface area contributed by atoms with E-state index in [4.69, 9.17) is 5.73 Å². The van der Waals surface area contributed by atoms with Gasteiger partial charge in [-0.15, -0.1) is 11.3 Å². The number of carbonyl (C=O) groups excluding carboxylic acids is 2. The van der Waals surface area contributed by atoms with Crippen molar-refractivity contribution in [3.8, 4) is 0 Å². The van der Waals surface area contributed by atoms with Crippen LogP contribution >= 0.6 is 11.3 Å². The Morgan fingerprint density at radius 1 is 1.29 bits per heavy atom. The number of thiophene rings is 1. The lowest BCUT2D eigenvalue weighted by atomic mass is 10.2. The van der Waals surface area contributed by atoms with Crippen LogP contribution in [0.5, 0.6) is 0 Å². The van der Waals surface area contributed by atoms with Crippen molar-refractivity contribution >= 4 is 38.9 Å². The molecule has 1 saturated carbocycles. The molecule has 21 heavy (non-hydrogen) atoms. The maximum atomic E-state index is 12.1. The van der Waals surface area contributed by atoms with Crippen LogP contribution in [0.25, 0.3) is 10.1 Å². The van der Waals surface area contributed by atoms with E-state index in [1.54, 1.807) is 0 Å². The summed E-state index contributed by atoms with van der Waals surface area (Å²) in [5.74, 6) is -0.143. The summed E-state index contributed by atoms with van der Waals surface area (Å²) >= 11 is 1.43. The van der Waals surface area contributed by atoms with Crippen LogP contribution in [-0.2, 0) is 4.79 Å². The van der Waals surface area contributed by atoms with Gasteiger partial charge in [0.2, 0.25) is 5.91 Å². The summed E-state index contributed by atoms with van der Waals surface area (Å²) in [4.78, 5) is 24.2. The van der Waals surface area contributed by atoms with E-state index in [1.165, 1.54) is 11.3 Å². The molecule has 0 saturated heterocycles. The van der Waals surface area contributed by atoms with Gasteiger partial charge in [-0.2, -0.15) is 0 Å². The van der Waals surface area contributed by atoms with Crippen LogP contribution in [0.3, 0.4) is 0 Å². The average molecular weight is 303 g/mol. The number of rotatable bonds is 5. The molecular weight excluding hydrogens is 286 g/mol. The van der Waals surface area contributed by atoms with Crippen molar-refractivity contribution in [1.29, 1.82) is 0 Å². The average Bonchev–Trinajstić information content (AvgIpc) is 3.15. The van der Waals surface area contributed by atoms with Crippen LogP contribution in [0.1, 0.15) is 28.9 Å². The monoisotopic (exact) mass is 303 g/mol. The Balaban J connectivity index is 1.54. The summed E-state index contributed by atoms with van der Waals surface area (Å²) in [6.45, 7) is 0.355. The lowest BCUT2D eigenvalue weighted by Gasteiger charge is -2.04. The number of benzene rings is 1. The Hall–Kier alpha value is -2.08. The largest absolute Gasteiger partial charge is 0.399 e. The highest BCUT2D eigenvalue weighted by atomic mass is 32.1. The Bertz CT molecular complexity index is 691. The molecule has 3 rings (SSSR count). The first-order chi connectivity index (χ1) is 10.1. The van der Waals surface area contributed by atoms with Gasteiger partial charge in [0, 0.05) is 29.4 Å². The third kappa shape index (κ3) is 3.52. The minimum Gasteiger partial charge on any atom is -0.399 e. The number of anilines is 1. The highest BCUT2D eigenvalue weighted by molar-refractivity contribution is 7.20. The van der Waals surface area contributed by atoms with Gasteiger partial charge >= 0.3 is 0 Å². The normalized spacial score (nSPS) is 14.1. The van der Waals surface area contributed by atoms with Crippen molar-refractivity contribution in [2.75, 3.05) is 12.3 Å². The van der Waals surface area contributed by atoms with E-state index < -0.39 is 0 Å². The van der Waals surface area contributed by atoms with Gasteiger partial charge in [0.05, 0.1) is 4.88 Å². The van der Waals surface area contributed by atoms with Gasteiger partial charge in [0.25, 0.3) is 5.91 Å². The highest BCUT2D eigenvalue weighted by Crippen LogP contribution is 2.27. The predicted molar refractivity (Wildman–Crippen MR) is 84.4 cm³/mol. The summed E-state index contributed by atoms with van der Waals surface area (Å²) in [5, 5.41) is 6.64. The van der Waals surface area contributed by atoms with Gasteiger partial charge in [-0.25, -0.2) is 0 Å². The fourth-order valence-corrected chi connectivity index (χ4v) is 3.04. The standard InChI is InChI=1S/C15H17N3O2S/c16-10-1-4-12-9(7-10)8-13(21-12)15(20)17-6-5-14(19)18-11-2-3-11/h1,4,7-8,11H,2-3,5-6,16H2,(H,17,20)(H,18,19). The van der Waals surface area contributed by atoms with Crippen molar-refractivity contribution in [1.82, 2.24) is 10.6 Å². The molecule has 0 spiro atoms. The molecule has 5 nitrogen and oxygen atoms in total. The van der Waals surface area contributed by atoms with Gasteiger partial charge in [-0.3, -0.25) is 9.59 Å². The van der Waals surface area contributed by atoms with Crippen LogP contribution in [-0.4, -0.2) is 24.4 Å². The Labute approximate surface area is 126 Å². The summed E-state index contributed by atoms with van der Waals surface area (Å²) in [7, 11) is 0.